The summed E-state index contributed by atoms with van der Waals surface area (Å²) >= 11 is 5.85. The highest BCUT2D eigenvalue weighted by atomic mass is 35.5. The van der Waals surface area contributed by atoms with Gasteiger partial charge in [-0.05, 0) is 37.1 Å². The van der Waals surface area contributed by atoms with Crippen molar-refractivity contribution in [3.63, 3.8) is 0 Å². The van der Waals surface area contributed by atoms with Crippen molar-refractivity contribution in [1.29, 1.82) is 0 Å². The van der Waals surface area contributed by atoms with Gasteiger partial charge in [0.25, 0.3) is 0 Å². The average Bonchev–Trinajstić information content (AvgIpc) is 2.37. The SMILES string of the molecule is CCCNCC(=O)NC(CC)c1ccc(Cl)cc1. The fourth-order valence-corrected chi connectivity index (χ4v) is 1.87. The summed E-state index contributed by atoms with van der Waals surface area (Å²) in [7, 11) is 0. The Labute approximate surface area is 114 Å². The first kappa shape index (κ1) is 15.0. The van der Waals surface area contributed by atoms with Gasteiger partial charge in [0.1, 0.15) is 0 Å². The minimum Gasteiger partial charge on any atom is -0.348 e. The molecule has 0 aliphatic rings. The van der Waals surface area contributed by atoms with Crippen LogP contribution < -0.4 is 10.6 Å². The largest absolute Gasteiger partial charge is 0.348 e. The van der Waals surface area contributed by atoms with Gasteiger partial charge in [-0.3, -0.25) is 4.79 Å². The molecule has 0 radical (unpaired) electrons. The van der Waals surface area contributed by atoms with Crippen molar-refractivity contribution >= 4 is 17.5 Å². The molecule has 1 atom stereocenters. The number of nitrogens with one attached hydrogen (secondary N) is 2. The fraction of sp³-hybridized carbons (Fsp3) is 0.500. The maximum Gasteiger partial charge on any atom is 0.234 e. The average molecular weight is 269 g/mol. The lowest BCUT2D eigenvalue weighted by atomic mass is 10.0. The Bertz CT molecular complexity index is 365. The van der Waals surface area contributed by atoms with E-state index in [0.717, 1.165) is 24.9 Å². The highest BCUT2D eigenvalue weighted by molar-refractivity contribution is 6.30. The second-order valence-electron chi connectivity index (χ2n) is 4.26. The quantitative estimate of drug-likeness (QED) is 0.747. The van der Waals surface area contributed by atoms with Crippen LogP contribution in [-0.2, 0) is 4.79 Å². The molecule has 4 heteroatoms. The molecule has 1 rings (SSSR count). The second-order valence-corrected chi connectivity index (χ2v) is 4.69. The number of benzene rings is 1. The van der Waals surface area contributed by atoms with Crippen LogP contribution in [0.5, 0.6) is 0 Å². The molecule has 100 valence electrons. The molecule has 0 saturated carbocycles. The van der Waals surface area contributed by atoms with E-state index in [0.29, 0.717) is 11.6 Å². The fourth-order valence-electron chi connectivity index (χ4n) is 1.74. The topological polar surface area (TPSA) is 41.1 Å². The Morgan fingerprint density at radius 1 is 1.28 bits per heavy atom. The van der Waals surface area contributed by atoms with Crippen LogP contribution in [-0.4, -0.2) is 19.0 Å². The zero-order chi connectivity index (χ0) is 13.4. The molecular formula is C14H21ClN2O. The van der Waals surface area contributed by atoms with Crippen molar-refractivity contribution in [2.24, 2.45) is 0 Å². The molecule has 0 fully saturated rings. The standard InChI is InChI=1S/C14H21ClN2O/c1-3-9-16-10-14(18)17-13(4-2)11-5-7-12(15)8-6-11/h5-8,13,16H,3-4,9-10H2,1-2H3,(H,17,18). The van der Waals surface area contributed by atoms with Crippen LogP contribution >= 0.6 is 11.6 Å². The monoisotopic (exact) mass is 268 g/mol. The van der Waals surface area contributed by atoms with Crippen molar-refractivity contribution in [2.75, 3.05) is 13.1 Å². The summed E-state index contributed by atoms with van der Waals surface area (Å²) < 4.78 is 0. The van der Waals surface area contributed by atoms with Crippen LogP contribution in [0, 0.1) is 0 Å². The summed E-state index contributed by atoms with van der Waals surface area (Å²) in [5.74, 6) is 0.0326. The van der Waals surface area contributed by atoms with E-state index in [1.54, 1.807) is 0 Å². The van der Waals surface area contributed by atoms with E-state index in [9.17, 15) is 4.79 Å². The summed E-state index contributed by atoms with van der Waals surface area (Å²) in [6, 6.07) is 7.66. The first-order valence-electron chi connectivity index (χ1n) is 6.42. The van der Waals surface area contributed by atoms with E-state index in [1.807, 2.05) is 24.3 Å². The highest BCUT2D eigenvalue weighted by Gasteiger charge is 2.11. The van der Waals surface area contributed by atoms with Crippen molar-refractivity contribution in [3.05, 3.63) is 34.9 Å². The first-order valence-corrected chi connectivity index (χ1v) is 6.80. The Morgan fingerprint density at radius 2 is 1.94 bits per heavy atom. The van der Waals surface area contributed by atoms with Crippen molar-refractivity contribution in [3.8, 4) is 0 Å². The molecule has 0 aliphatic heterocycles. The van der Waals surface area contributed by atoms with Gasteiger partial charge in [-0.1, -0.05) is 37.6 Å². The minimum absolute atomic E-state index is 0.0326. The minimum atomic E-state index is 0.0326. The molecule has 3 nitrogen and oxygen atoms in total. The van der Waals surface area contributed by atoms with Gasteiger partial charge >= 0.3 is 0 Å². The molecular weight excluding hydrogens is 248 g/mol. The number of hydrogen-bond acceptors (Lipinski definition) is 2. The summed E-state index contributed by atoms with van der Waals surface area (Å²) in [6.07, 6.45) is 1.89. The zero-order valence-corrected chi connectivity index (χ0v) is 11.8. The molecule has 1 unspecified atom stereocenters. The predicted molar refractivity (Wildman–Crippen MR) is 75.8 cm³/mol. The van der Waals surface area contributed by atoms with Gasteiger partial charge in [0.05, 0.1) is 12.6 Å². The van der Waals surface area contributed by atoms with Gasteiger partial charge in [-0.2, -0.15) is 0 Å². The maximum absolute atomic E-state index is 11.7. The van der Waals surface area contributed by atoms with Crippen molar-refractivity contribution < 1.29 is 4.79 Å². The summed E-state index contributed by atoms with van der Waals surface area (Å²) in [6.45, 7) is 5.37. The number of carbonyl (C=O) groups excluding carboxylic acids is 1. The van der Waals surface area contributed by atoms with E-state index < -0.39 is 0 Å². The number of amides is 1. The van der Waals surface area contributed by atoms with Gasteiger partial charge in [0.15, 0.2) is 0 Å². The lowest BCUT2D eigenvalue weighted by Gasteiger charge is -2.17. The third-order valence-corrected chi connectivity index (χ3v) is 2.98. The molecule has 0 heterocycles. The molecule has 1 amide bonds. The summed E-state index contributed by atoms with van der Waals surface area (Å²) in [5.41, 5.74) is 1.09. The van der Waals surface area contributed by atoms with Crippen LogP contribution in [0.2, 0.25) is 5.02 Å². The van der Waals surface area contributed by atoms with Gasteiger partial charge in [-0.15, -0.1) is 0 Å². The molecule has 0 aliphatic carbocycles. The lowest BCUT2D eigenvalue weighted by Crippen LogP contribution is -2.36. The van der Waals surface area contributed by atoms with Crippen LogP contribution in [0.4, 0.5) is 0 Å². The summed E-state index contributed by atoms with van der Waals surface area (Å²) in [4.78, 5) is 11.7. The van der Waals surface area contributed by atoms with E-state index in [-0.39, 0.29) is 11.9 Å². The Hall–Kier alpha value is -1.06. The molecule has 2 N–H and O–H groups in total. The molecule has 0 aromatic heterocycles. The Balaban J connectivity index is 2.51. The normalized spacial score (nSPS) is 12.2. The highest BCUT2D eigenvalue weighted by Crippen LogP contribution is 2.18. The predicted octanol–water partition coefficient (Wildman–Crippen LogP) is 2.91. The van der Waals surface area contributed by atoms with Crippen molar-refractivity contribution in [2.45, 2.75) is 32.7 Å². The molecule has 0 spiro atoms. The number of hydrogen-bond donors (Lipinski definition) is 2. The van der Waals surface area contributed by atoms with Gasteiger partial charge in [0.2, 0.25) is 5.91 Å². The van der Waals surface area contributed by atoms with Gasteiger partial charge < -0.3 is 10.6 Å². The smallest absolute Gasteiger partial charge is 0.234 e. The van der Waals surface area contributed by atoms with Gasteiger partial charge in [0, 0.05) is 5.02 Å². The maximum atomic E-state index is 11.7. The van der Waals surface area contributed by atoms with Gasteiger partial charge in [-0.25, -0.2) is 0 Å². The summed E-state index contributed by atoms with van der Waals surface area (Å²) in [5, 5.41) is 6.82. The zero-order valence-electron chi connectivity index (χ0n) is 11.0. The third kappa shape index (κ3) is 5.07. The van der Waals surface area contributed by atoms with Crippen LogP contribution in [0.15, 0.2) is 24.3 Å². The third-order valence-electron chi connectivity index (χ3n) is 2.73. The molecule has 1 aromatic carbocycles. The molecule has 18 heavy (non-hydrogen) atoms. The van der Waals surface area contributed by atoms with Crippen LogP contribution in [0.25, 0.3) is 0 Å². The Morgan fingerprint density at radius 3 is 2.50 bits per heavy atom. The molecule has 0 saturated heterocycles. The van der Waals surface area contributed by atoms with Crippen LogP contribution in [0.1, 0.15) is 38.3 Å². The van der Waals surface area contributed by atoms with E-state index in [4.69, 9.17) is 11.6 Å². The van der Waals surface area contributed by atoms with E-state index in [1.165, 1.54) is 0 Å². The van der Waals surface area contributed by atoms with Crippen molar-refractivity contribution in [1.82, 2.24) is 10.6 Å². The number of halogens is 1. The number of carbonyl (C=O) groups is 1. The Kier molecular flexibility index (Phi) is 6.76. The van der Waals surface area contributed by atoms with E-state index in [2.05, 4.69) is 24.5 Å². The van der Waals surface area contributed by atoms with E-state index >= 15 is 0 Å². The molecule has 1 aromatic rings. The van der Waals surface area contributed by atoms with Crippen LogP contribution in [0.3, 0.4) is 0 Å². The molecule has 0 bridgehead atoms. The first-order chi connectivity index (χ1) is 8.67. The lowest BCUT2D eigenvalue weighted by molar-refractivity contribution is -0.121. The number of rotatable bonds is 7. The second kappa shape index (κ2) is 8.11.